The monoisotopic (exact) mass is 301 g/mol. The minimum atomic E-state index is -0.0743. The van der Waals surface area contributed by atoms with Crippen LogP contribution in [0.15, 0.2) is 35.7 Å². The molecule has 2 heterocycles. The Morgan fingerprint density at radius 2 is 2.14 bits per heavy atom. The molecule has 110 valence electrons. The highest BCUT2D eigenvalue weighted by Gasteiger charge is 2.24. The van der Waals surface area contributed by atoms with E-state index in [1.807, 2.05) is 18.2 Å². The van der Waals surface area contributed by atoms with Gasteiger partial charge in [-0.15, -0.1) is 11.3 Å². The van der Waals surface area contributed by atoms with Crippen LogP contribution in [0.4, 0.5) is 5.69 Å². The Bertz CT molecular complexity index is 759. The van der Waals surface area contributed by atoms with Crippen LogP contribution < -0.4 is 5.73 Å². The molecule has 3 aromatic rings. The Labute approximate surface area is 127 Å². The molecular formula is C16H19N3OS. The first-order chi connectivity index (χ1) is 10.0. The van der Waals surface area contributed by atoms with Crippen molar-refractivity contribution in [1.29, 1.82) is 0 Å². The SMILES string of the molecule is CC(C)(Cn1c(CO)nc2cc(N)ccc21)c1cccs1. The number of rotatable bonds is 4. The highest BCUT2D eigenvalue weighted by atomic mass is 32.1. The van der Waals surface area contributed by atoms with E-state index in [1.165, 1.54) is 4.88 Å². The second kappa shape index (κ2) is 5.16. The standard InChI is InChI=1S/C16H19N3OS/c1-16(2,14-4-3-7-21-14)10-19-13-6-5-11(17)8-12(13)18-15(19)9-20/h3-8,20H,9-10,17H2,1-2H3. The number of hydrogen-bond donors (Lipinski definition) is 2. The molecule has 0 unspecified atom stereocenters. The van der Waals surface area contributed by atoms with Gasteiger partial charge in [0.05, 0.1) is 11.0 Å². The molecule has 21 heavy (non-hydrogen) atoms. The van der Waals surface area contributed by atoms with Crippen LogP contribution in [0.2, 0.25) is 0 Å². The summed E-state index contributed by atoms with van der Waals surface area (Å²) in [6, 6.07) is 9.92. The van der Waals surface area contributed by atoms with Crippen LogP contribution in [0, 0.1) is 0 Å². The van der Waals surface area contributed by atoms with E-state index < -0.39 is 0 Å². The van der Waals surface area contributed by atoms with Crippen LogP contribution in [0.5, 0.6) is 0 Å². The first-order valence-electron chi connectivity index (χ1n) is 6.91. The normalized spacial score (nSPS) is 12.1. The first kappa shape index (κ1) is 14.1. The topological polar surface area (TPSA) is 64.1 Å². The second-order valence-electron chi connectivity index (χ2n) is 5.88. The number of aromatic nitrogens is 2. The predicted octanol–water partition coefficient (Wildman–Crippen LogP) is 3.15. The summed E-state index contributed by atoms with van der Waals surface area (Å²) in [6.45, 7) is 5.12. The summed E-state index contributed by atoms with van der Waals surface area (Å²) in [5, 5.41) is 11.7. The summed E-state index contributed by atoms with van der Waals surface area (Å²) in [5.74, 6) is 0.681. The van der Waals surface area contributed by atoms with Crippen LogP contribution in [0.3, 0.4) is 0 Å². The summed E-state index contributed by atoms with van der Waals surface area (Å²) in [5.41, 5.74) is 8.33. The minimum absolute atomic E-state index is 0.0207. The van der Waals surface area contributed by atoms with E-state index in [0.717, 1.165) is 17.6 Å². The van der Waals surface area contributed by atoms with Gasteiger partial charge in [-0.3, -0.25) is 0 Å². The first-order valence-corrected chi connectivity index (χ1v) is 7.79. The summed E-state index contributed by atoms with van der Waals surface area (Å²) in [7, 11) is 0. The van der Waals surface area contributed by atoms with Crippen molar-refractivity contribution in [3.05, 3.63) is 46.4 Å². The van der Waals surface area contributed by atoms with E-state index in [4.69, 9.17) is 5.73 Å². The fraction of sp³-hybridized carbons (Fsp3) is 0.312. The number of thiophene rings is 1. The number of hydrogen-bond acceptors (Lipinski definition) is 4. The Kier molecular flexibility index (Phi) is 3.47. The van der Waals surface area contributed by atoms with Gasteiger partial charge in [-0.1, -0.05) is 19.9 Å². The van der Waals surface area contributed by atoms with Gasteiger partial charge in [-0.25, -0.2) is 4.98 Å². The molecule has 0 atom stereocenters. The Morgan fingerprint density at radius 3 is 2.81 bits per heavy atom. The van der Waals surface area contributed by atoms with Crippen LogP contribution >= 0.6 is 11.3 Å². The molecule has 3 N–H and O–H groups in total. The van der Waals surface area contributed by atoms with Crippen molar-refractivity contribution >= 4 is 28.1 Å². The Morgan fingerprint density at radius 1 is 1.33 bits per heavy atom. The van der Waals surface area contributed by atoms with Crippen molar-refractivity contribution in [2.75, 3.05) is 5.73 Å². The third kappa shape index (κ3) is 2.54. The van der Waals surface area contributed by atoms with Gasteiger partial charge < -0.3 is 15.4 Å². The van der Waals surface area contributed by atoms with E-state index in [9.17, 15) is 5.11 Å². The van der Waals surface area contributed by atoms with Crippen molar-refractivity contribution in [2.45, 2.75) is 32.4 Å². The van der Waals surface area contributed by atoms with Crippen molar-refractivity contribution in [2.24, 2.45) is 0 Å². The maximum atomic E-state index is 9.60. The Balaban J connectivity index is 2.07. The average Bonchev–Trinajstić information content (AvgIpc) is 3.06. The highest BCUT2D eigenvalue weighted by Crippen LogP contribution is 2.31. The molecule has 0 saturated carbocycles. The third-order valence-corrected chi connectivity index (χ3v) is 4.97. The average molecular weight is 301 g/mol. The molecule has 0 saturated heterocycles. The van der Waals surface area contributed by atoms with Gasteiger partial charge in [-0.05, 0) is 29.6 Å². The second-order valence-corrected chi connectivity index (χ2v) is 6.83. The van der Waals surface area contributed by atoms with E-state index in [1.54, 1.807) is 11.3 Å². The lowest BCUT2D eigenvalue weighted by Gasteiger charge is -2.25. The number of imidazole rings is 1. The van der Waals surface area contributed by atoms with E-state index in [0.29, 0.717) is 11.5 Å². The number of nitrogen functional groups attached to an aromatic ring is 1. The summed E-state index contributed by atoms with van der Waals surface area (Å²) in [6.07, 6.45) is 0. The number of aliphatic hydroxyl groups excluding tert-OH is 1. The van der Waals surface area contributed by atoms with Gasteiger partial charge in [-0.2, -0.15) is 0 Å². The minimum Gasteiger partial charge on any atom is -0.399 e. The van der Waals surface area contributed by atoms with Crippen molar-refractivity contribution in [1.82, 2.24) is 9.55 Å². The summed E-state index contributed by atoms with van der Waals surface area (Å²) < 4.78 is 2.09. The molecule has 0 bridgehead atoms. The van der Waals surface area contributed by atoms with E-state index in [2.05, 4.69) is 40.9 Å². The molecule has 5 heteroatoms. The zero-order valence-corrected chi connectivity index (χ0v) is 13.0. The van der Waals surface area contributed by atoms with Crippen LogP contribution in [-0.4, -0.2) is 14.7 Å². The molecule has 0 aliphatic rings. The molecule has 0 amide bonds. The van der Waals surface area contributed by atoms with E-state index >= 15 is 0 Å². The van der Waals surface area contributed by atoms with Crippen LogP contribution in [0.25, 0.3) is 11.0 Å². The number of fused-ring (bicyclic) bond motifs is 1. The molecule has 0 radical (unpaired) electrons. The molecule has 0 spiro atoms. The van der Waals surface area contributed by atoms with Crippen molar-refractivity contribution < 1.29 is 5.11 Å². The maximum Gasteiger partial charge on any atom is 0.135 e. The zero-order chi connectivity index (χ0) is 15.0. The summed E-state index contributed by atoms with van der Waals surface area (Å²) in [4.78, 5) is 5.82. The predicted molar refractivity (Wildman–Crippen MR) is 87.4 cm³/mol. The number of nitrogens with two attached hydrogens (primary N) is 1. The number of benzene rings is 1. The van der Waals surface area contributed by atoms with Crippen LogP contribution in [-0.2, 0) is 18.6 Å². The molecule has 3 rings (SSSR count). The molecule has 0 aliphatic heterocycles. The van der Waals surface area contributed by atoms with Gasteiger partial charge in [0.25, 0.3) is 0 Å². The lowest BCUT2D eigenvalue weighted by molar-refractivity contribution is 0.262. The fourth-order valence-electron chi connectivity index (χ4n) is 2.63. The summed E-state index contributed by atoms with van der Waals surface area (Å²) >= 11 is 1.76. The Hall–Kier alpha value is -1.85. The molecule has 0 aliphatic carbocycles. The fourth-order valence-corrected chi connectivity index (χ4v) is 3.48. The molecular weight excluding hydrogens is 282 g/mol. The van der Waals surface area contributed by atoms with E-state index in [-0.39, 0.29) is 12.0 Å². The molecule has 4 nitrogen and oxygen atoms in total. The maximum absolute atomic E-state index is 9.60. The molecule has 0 fully saturated rings. The van der Waals surface area contributed by atoms with Gasteiger partial charge in [0.2, 0.25) is 0 Å². The number of aliphatic hydroxyl groups is 1. The lowest BCUT2D eigenvalue weighted by Crippen LogP contribution is -2.24. The lowest BCUT2D eigenvalue weighted by atomic mass is 9.91. The van der Waals surface area contributed by atoms with Crippen LogP contribution in [0.1, 0.15) is 24.5 Å². The molecule has 2 aromatic heterocycles. The third-order valence-electron chi connectivity index (χ3n) is 3.73. The zero-order valence-electron chi connectivity index (χ0n) is 12.2. The molecule has 1 aromatic carbocycles. The quantitative estimate of drug-likeness (QED) is 0.728. The van der Waals surface area contributed by atoms with Gasteiger partial charge in [0.1, 0.15) is 12.4 Å². The number of anilines is 1. The smallest absolute Gasteiger partial charge is 0.135 e. The highest BCUT2D eigenvalue weighted by molar-refractivity contribution is 7.10. The van der Waals surface area contributed by atoms with Gasteiger partial charge in [0.15, 0.2) is 0 Å². The van der Waals surface area contributed by atoms with Gasteiger partial charge >= 0.3 is 0 Å². The van der Waals surface area contributed by atoms with Crippen molar-refractivity contribution in [3.63, 3.8) is 0 Å². The number of nitrogens with zero attached hydrogens (tertiary/aromatic N) is 2. The van der Waals surface area contributed by atoms with Gasteiger partial charge in [0, 0.05) is 22.5 Å². The van der Waals surface area contributed by atoms with Crippen molar-refractivity contribution in [3.8, 4) is 0 Å². The largest absolute Gasteiger partial charge is 0.399 e.